The van der Waals surface area contributed by atoms with Crippen LogP contribution in [-0.2, 0) is 9.53 Å². The molecule has 1 aromatic carbocycles. The molecule has 1 aliphatic rings. The van der Waals surface area contributed by atoms with E-state index < -0.39 is 4.92 Å². The van der Waals surface area contributed by atoms with E-state index in [4.69, 9.17) is 0 Å². The molecule has 0 amide bonds. The molecule has 1 aliphatic heterocycles. The fourth-order valence-corrected chi connectivity index (χ4v) is 2.55. The summed E-state index contributed by atoms with van der Waals surface area (Å²) in [6.07, 6.45) is 0. The van der Waals surface area contributed by atoms with Gasteiger partial charge in [0.15, 0.2) is 5.78 Å². The molecule has 0 aromatic heterocycles. The van der Waals surface area contributed by atoms with Gasteiger partial charge in [-0.25, -0.2) is 0 Å². The van der Waals surface area contributed by atoms with E-state index in [9.17, 15) is 19.7 Å². The first-order chi connectivity index (χ1) is 10.9. The van der Waals surface area contributed by atoms with Crippen LogP contribution in [0.25, 0.3) is 0 Å². The van der Waals surface area contributed by atoms with Crippen molar-refractivity contribution < 1.29 is 19.2 Å². The third-order valence-electron chi connectivity index (χ3n) is 3.87. The summed E-state index contributed by atoms with van der Waals surface area (Å²) in [6.45, 7) is 3.95. The van der Waals surface area contributed by atoms with Gasteiger partial charge in [-0.05, 0) is 19.1 Å². The number of ether oxygens (including phenoxy) is 1. The van der Waals surface area contributed by atoms with Crippen LogP contribution >= 0.6 is 0 Å². The quantitative estimate of drug-likeness (QED) is 0.347. The zero-order valence-corrected chi connectivity index (χ0v) is 13.2. The van der Waals surface area contributed by atoms with Crippen molar-refractivity contribution in [2.45, 2.75) is 6.92 Å². The number of hydrogen-bond acceptors (Lipinski definition) is 7. The molecule has 8 nitrogen and oxygen atoms in total. The van der Waals surface area contributed by atoms with E-state index in [2.05, 4.69) is 4.74 Å². The van der Waals surface area contributed by atoms with Crippen LogP contribution in [0.3, 0.4) is 0 Å². The van der Waals surface area contributed by atoms with E-state index in [-0.39, 0.29) is 24.0 Å². The lowest BCUT2D eigenvalue weighted by Crippen LogP contribution is -2.48. The van der Waals surface area contributed by atoms with E-state index in [0.29, 0.717) is 37.4 Å². The van der Waals surface area contributed by atoms with Crippen molar-refractivity contribution in [3.8, 4) is 0 Å². The Bertz CT molecular complexity index is 624. The van der Waals surface area contributed by atoms with Gasteiger partial charge >= 0.3 is 5.97 Å². The maximum Gasteiger partial charge on any atom is 0.319 e. The number of carbonyl (C=O) groups is 2. The van der Waals surface area contributed by atoms with Crippen LogP contribution in [0.1, 0.15) is 17.3 Å². The van der Waals surface area contributed by atoms with Gasteiger partial charge in [0.25, 0.3) is 5.69 Å². The Labute approximate surface area is 133 Å². The average molecular weight is 321 g/mol. The molecule has 23 heavy (non-hydrogen) atoms. The molecule has 0 bridgehead atoms. The van der Waals surface area contributed by atoms with E-state index in [0.717, 1.165) is 0 Å². The first-order valence-electron chi connectivity index (χ1n) is 7.26. The van der Waals surface area contributed by atoms with Crippen LogP contribution in [0.5, 0.6) is 0 Å². The minimum Gasteiger partial charge on any atom is -0.468 e. The normalized spacial score (nSPS) is 15.3. The number of benzene rings is 1. The van der Waals surface area contributed by atoms with Gasteiger partial charge in [0.1, 0.15) is 5.69 Å². The van der Waals surface area contributed by atoms with Gasteiger partial charge in [-0.15, -0.1) is 0 Å². The Hall–Kier alpha value is -2.48. The molecule has 1 heterocycles. The number of anilines is 1. The summed E-state index contributed by atoms with van der Waals surface area (Å²) in [7, 11) is 1.35. The summed E-state index contributed by atoms with van der Waals surface area (Å²) < 4.78 is 4.64. The van der Waals surface area contributed by atoms with E-state index in [1.807, 2.05) is 9.80 Å². The number of ketones is 1. The number of hydrogen-bond donors (Lipinski definition) is 0. The fraction of sp³-hybridized carbons (Fsp3) is 0.467. The SMILES string of the molecule is COC(=O)CN1CCN(c2ccc(C(C)=O)cc2[N+](=O)[O-])CC1. The molecule has 1 aromatic rings. The third-order valence-corrected chi connectivity index (χ3v) is 3.87. The molecular formula is C15H19N3O5. The molecule has 0 atom stereocenters. The molecular weight excluding hydrogens is 302 g/mol. The minimum absolute atomic E-state index is 0.0703. The van der Waals surface area contributed by atoms with E-state index >= 15 is 0 Å². The number of nitro benzene ring substituents is 1. The summed E-state index contributed by atoms with van der Waals surface area (Å²) in [5.74, 6) is -0.502. The number of piperazine rings is 1. The molecule has 0 saturated carbocycles. The second-order valence-electron chi connectivity index (χ2n) is 5.36. The Kier molecular flexibility index (Phi) is 5.28. The number of Topliss-reactive ketones (excluding diaryl/α,β-unsaturated/α-hetero) is 1. The zero-order valence-electron chi connectivity index (χ0n) is 13.2. The first kappa shape index (κ1) is 16.9. The Morgan fingerprint density at radius 3 is 2.43 bits per heavy atom. The lowest BCUT2D eigenvalue weighted by atomic mass is 10.1. The molecule has 2 rings (SSSR count). The van der Waals surface area contributed by atoms with Gasteiger partial charge in [-0.3, -0.25) is 24.6 Å². The average Bonchev–Trinajstić information content (AvgIpc) is 2.54. The summed E-state index contributed by atoms with van der Waals surface area (Å²) in [4.78, 5) is 37.3. The Balaban J connectivity index is 2.12. The Morgan fingerprint density at radius 1 is 1.26 bits per heavy atom. The first-order valence-corrected chi connectivity index (χ1v) is 7.26. The monoisotopic (exact) mass is 321 g/mol. The van der Waals surface area contributed by atoms with Gasteiger partial charge in [0, 0.05) is 37.8 Å². The van der Waals surface area contributed by atoms with Crippen molar-refractivity contribution in [3.05, 3.63) is 33.9 Å². The van der Waals surface area contributed by atoms with Crippen LogP contribution in [0.4, 0.5) is 11.4 Å². The second kappa shape index (κ2) is 7.19. The number of methoxy groups -OCH3 is 1. The molecule has 0 N–H and O–H groups in total. The van der Waals surface area contributed by atoms with Crippen molar-refractivity contribution >= 4 is 23.1 Å². The number of carbonyl (C=O) groups excluding carboxylic acids is 2. The molecule has 0 radical (unpaired) electrons. The van der Waals surface area contributed by atoms with Crippen LogP contribution in [0.15, 0.2) is 18.2 Å². The number of nitro groups is 1. The van der Waals surface area contributed by atoms with Gasteiger partial charge in [-0.2, -0.15) is 0 Å². The van der Waals surface area contributed by atoms with Crippen LogP contribution < -0.4 is 4.90 Å². The van der Waals surface area contributed by atoms with E-state index in [1.54, 1.807) is 12.1 Å². The molecule has 1 fully saturated rings. The smallest absolute Gasteiger partial charge is 0.319 e. The third kappa shape index (κ3) is 4.04. The fourth-order valence-electron chi connectivity index (χ4n) is 2.55. The highest BCUT2D eigenvalue weighted by Crippen LogP contribution is 2.30. The zero-order chi connectivity index (χ0) is 17.0. The summed E-state index contributed by atoms with van der Waals surface area (Å²) in [6, 6.07) is 4.54. The standard InChI is InChI=1S/C15H19N3O5/c1-11(19)12-3-4-13(14(9-12)18(21)22)17-7-5-16(6-8-17)10-15(20)23-2/h3-4,9H,5-8,10H2,1-2H3. The summed E-state index contributed by atoms with van der Waals surface area (Å²) >= 11 is 0. The number of rotatable bonds is 5. The summed E-state index contributed by atoms with van der Waals surface area (Å²) in [5.41, 5.74) is 0.751. The highest BCUT2D eigenvalue weighted by atomic mass is 16.6. The van der Waals surface area contributed by atoms with Crippen molar-refractivity contribution in [1.82, 2.24) is 4.90 Å². The molecule has 0 unspecified atom stereocenters. The summed E-state index contributed by atoms with van der Waals surface area (Å²) in [5, 5.41) is 11.3. The predicted octanol–water partition coefficient (Wildman–Crippen LogP) is 1.09. The maximum absolute atomic E-state index is 11.4. The number of esters is 1. The van der Waals surface area contributed by atoms with Crippen molar-refractivity contribution in [1.29, 1.82) is 0 Å². The maximum atomic E-state index is 11.4. The lowest BCUT2D eigenvalue weighted by Gasteiger charge is -2.35. The van der Waals surface area contributed by atoms with E-state index in [1.165, 1.54) is 20.1 Å². The lowest BCUT2D eigenvalue weighted by molar-refractivity contribution is -0.384. The predicted molar refractivity (Wildman–Crippen MR) is 83.8 cm³/mol. The highest BCUT2D eigenvalue weighted by Gasteiger charge is 2.25. The molecule has 124 valence electrons. The van der Waals surface area contributed by atoms with Gasteiger partial charge < -0.3 is 9.64 Å². The van der Waals surface area contributed by atoms with Crippen LogP contribution in [0.2, 0.25) is 0 Å². The second-order valence-corrected chi connectivity index (χ2v) is 5.36. The van der Waals surface area contributed by atoms with Gasteiger partial charge in [0.2, 0.25) is 0 Å². The van der Waals surface area contributed by atoms with Crippen LogP contribution in [-0.4, -0.2) is 61.4 Å². The Morgan fingerprint density at radius 2 is 1.91 bits per heavy atom. The van der Waals surface area contributed by atoms with Gasteiger partial charge in [-0.1, -0.05) is 0 Å². The highest BCUT2D eigenvalue weighted by molar-refractivity contribution is 5.95. The van der Waals surface area contributed by atoms with Crippen molar-refractivity contribution in [2.24, 2.45) is 0 Å². The molecule has 1 saturated heterocycles. The number of nitrogens with zero attached hydrogens (tertiary/aromatic N) is 3. The molecule has 0 aliphatic carbocycles. The minimum atomic E-state index is -0.470. The van der Waals surface area contributed by atoms with Crippen molar-refractivity contribution in [2.75, 3.05) is 44.7 Å². The molecule has 8 heteroatoms. The molecule has 0 spiro atoms. The van der Waals surface area contributed by atoms with Crippen molar-refractivity contribution in [3.63, 3.8) is 0 Å². The topological polar surface area (TPSA) is 93.0 Å². The van der Waals surface area contributed by atoms with Crippen LogP contribution in [0, 0.1) is 10.1 Å². The van der Waals surface area contributed by atoms with Gasteiger partial charge in [0.05, 0.1) is 18.6 Å². The largest absolute Gasteiger partial charge is 0.468 e.